The van der Waals surface area contributed by atoms with Crippen LogP contribution in [0.15, 0.2) is 24.3 Å². The first-order valence-electron chi connectivity index (χ1n) is 7.13. The number of carbonyl (C=O) groups excluding carboxylic acids is 1. The molecule has 0 heterocycles. The summed E-state index contributed by atoms with van der Waals surface area (Å²) in [5.74, 6) is 0. The lowest BCUT2D eigenvalue weighted by Gasteiger charge is -2.19. The van der Waals surface area contributed by atoms with Gasteiger partial charge in [0.1, 0.15) is 0 Å². The Morgan fingerprint density at radius 3 is 2.21 bits per heavy atom. The SMILES string of the molecule is CC(C)(C)c1ccc(NC(=O)NC2CCCC2)cc1. The second kappa shape index (κ2) is 5.64. The van der Waals surface area contributed by atoms with Gasteiger partial charge in [-0.2, -0.15) is 0 Å². The number of rotatable bonds is 2. The van der Waals surface area contributed by atoms with Crippen LogP contribution in [0.5, 0.6) is 0 Å². The third kappa shape index (κ3) is 3.98. The van der Waals surface area contributed by atoms with E-state index in [1.165, 1.54) is 18.4 Å². The molecule has 0 radical (unpaired) electrons. The van der Waals surface area contributed by atoms with E-state index in [9.17, 15) is 4.79 Å². The Morgan fingerprint density at radius 2 is 1.68 bits per heavy atom. The van der Waals surface area contributed by atoms with Gasteiger partial charge in [-0.25, -0.2) is 4.79 Å². The largest absolute Gasteiger partial charge is 0.335 e. The molecule has 104 valence electrons. The Kier molecular flexibility index (Phi) is 4.13. The Labute approximate surface area is 115 Å². The maximum absolute atomic E-state index is 11.8. The summed E-state index contributed by atoms with van der Waals surface area (Å²) in [7, 11) is 0. The number of nitrogens with one attached hydrogen (secondary N) is 2. The minimum atomic E-state index is -0.0876. The maximum Gasteiger partial charge on any atom is 0.319 e. The molecule has 3 nitrogen and oxygen atoms in total. The number of hydrogen-bond donors (Lipinski definition) is 2. The molecular weight excluding hydrogens is 236 g/mol. The van der Waals surface area contributed by atoms with Gasteiger partial charge in [0.25, 0.3) is 0 Å². The molecule has 2 amide bonds. The van der Waals surface area contributed by atoms with Gasteiger partial charge in [-0.1, -0.05) is 45.7 Å². The van der Waals surface area contributed by atoms with Crippen LogP contribution in [-0.4, -0.2) is 12.1 Å². The zero-order chi connectivity index (χ0) is 13.9. The van der Waals surface area contributed by atoms with Crippen LogP contribution in [0.25, 0.3) is 0 Å². The van der Waals surface area contributed by atoms with E-state index in [4.69, 9.17) is 0 Å². The van der Waals surface area contributed by atoms with E-state index in [0.717, 1.165) is 18.5 Å². The summed E-state index contributed by atoms with van der Waals surface area (Å²) < 4.78 is 0. The number of urea groups is 1. The predicted molar refractivity (Wildman–Crippen MR) is 79.6 cm³/mol. The fourth-order valence-electron chi connectivity index (χ4n) is 2.48. The Hall–Kier alpha value is -1.51. The van der Waals surface area contributed by atoms with Gasteiger partial charge < -0.3 is 10.6 Å². The van der Waals surface area contributed by atoms with E-state index in [1.54, 1.807) is 0 Å². The highest BCUT2D eigenvalue weighted by Crippen LogP contribution is 2.23. The summed E-state index contributed by atoms with van der Waals surface area (Å²) in [6.07, 6.45) is 4.67. The van der Waals surface area contributed by atoms with Gasteiger partial charge >= 0.3 is 6.03 Å². The van der Waals surface area contributed by atoms with Gasteiger partial charge in [0, 0.05) is 11.7 Å². The maximum atomic E-state index is 11.8. The highest BCUT2D eigenvalue weighted by atomic mass is 16.2. The molecule has 1 aromatic rings. The molecule has 0 aliphatic heterocycles. The first-order valence-corrected chi connectivity index (χ1v) is 7.13. The molecule has 2 N–H and O–H groups in total. The standard InChI is InChI=1S/C16H24N2O/c1-16(2,3)12-8-10-14(11-9-12)18-15(19)17-13-6-4-5-7-13/h8-11,13H,4-7H2,1-3H3,(H2,17,18,19). The van der Waals surface area contributed by atoms with E-state index in [-0.39, 0.29) is 11.4 Å². The molecule has 1 aromatic carbocycles. The van der Waals surface area contributed by atoms with Crippen molar-refractivity contribution in [3.8, 4) is 0 Å². The summed E-state index contributed by atoms with van der Waals surface area (Å²) >= 11 is 0. The van der Waals surface area contributed by atoms with Crippen molar-refractivity contribution < 1.29 is 4.79 Å². The van der Waals surface area contributed by atoms with Crippen molar-refractivity contribution in [3.05, 3.63) is 29.8 Å². The average molecular weight is 260 g/mol. The van der Waals surface area contributed by atoms with Crippen molar-refractivity contribution in [2.45, 2.75) is 57.9 Å². The number of carbonyl (C=O) groups is 1. The van der Waals surface area contributed by atoms with Crippen LogP contribution >= 0.6 is 0 Å². The van der Waals surface area contributed by atoms with Gasteiger partial charge in [0.15, 0.2) is 0 Å². The van der Waals surface area contributed by atoms with Crippen molar-refractivity contribution in [3.63, 3.8) is 0 Å². The molecule has 1 aliphatic carbocycles. The normalized spacial score (nSPS) is 16.4. The molecule has 0 unspecified atom stereocenters. The minimum absolute atomic E-state index is 0.0876. The monoisotopic (exact) mass is 260 g/mol. The fourth-order valence-corrected chi connectivity index (χ4v) is 2.48. The molecular formula is C16H24N2O. The van der Waals surface area contributed by atoms with E-state index >= 15 is 0 Å². The predicted octanol–water partition coefficient (Wildman–Crippen LogP) is 4.05. The summed E-state index contributed by atoms with van der Waals surface area (Å²) in [5.41, 5.74) is 2.27. The van der Waals surface area contributed by atoms with E-state index in [2.05, 4.69) is 43.5 Å². The van der Waals surface area contributed by atoms with Crippen molar-refractivity contribution in [2.75, 3.05) is 5.32 Å². The smallest absolute Gasteiger partial charge is 0.319 e. The number of benzene rings is 1. The molecule has 2 rings (SSSR count). The molecule has 3 heteroatoms. The van der Waals surface area contributed by atoms with Crippen molar-refractivity contribution in [1.82, 2.24) is 5.32 Å². The van der Waals surface area contributed by atoms with E-state index < -0.39 is 0 Å². The summed E-state index contributed by atoms with van der Waals surface area (Å²) in [5, 5.41) is 5.92. The zero-order valence-corrected chi connectivity index (χ0v) is 12.1. The van der Waals surface area contributed by atoms with Crippen molar-refractivity contribution in [2.24, 2.45) is 0 Å². The topological polar surface area (TPSA) is 41.1 Å². The molecule has 0 spiro atoms. The van der Waals surface area contributed by atoms with Crippen LogP contribution in [0.4, 0.5) is 10.5 Å². The lowest BCUT2D eigenvalue weighted by atomic mass is 9.87. The van der Waals surface area contributed by atoms with Crippen LogP contribution in [0.2, 0.25) is 0 Å². The molecule has 0 bridgehead atoms. The summed E-state index contributed by atoms with van der Waals surface area (Å²) in [6.45, 7) is 6.55. The second-order valence-electron chi connectivity index (χ2n) is 6.41. The van der Waals surface area contributed by atoms with Gasteiger partial charge in [0.2, 0.25) is 0 Å². The van der Waals surface area contributed by atoms with Gasteiger partial charge in [-0.15, -0.1) is 0 Å². The van der Waals surface area contributed by atoms with Gasteiger partial charge in [0.05, 0.1) is 0 Å². The highest BCUT2D eigenvalue weighted by molar-refractivity contribution is 5.89. The van der Waals surface area contributed by atoms with Crippen molar-refractivity contribution >= 4 is 11.7 Å². The molecule has 1 saturated carbocycles. The van der Waals surface area contributed by atoms with Crippen LogP contribution < -0.4 is 10.6 Å². The molecule has 1 fully saturated rings. The Morgan fingerprint density at radius 1 is 1.11 bits per heavy atom. The number of hydrogen-bond acceptors (Lipinski definition) is 1. The lowest BCUT2D eigenvalue weighted by Crippen LogP contribution is -2.36. The summed E-state index contributed by atoms with van der Waals surface area (Å²) in [4.78, 5) is 11.8. The van der Waals surface area contributed by atoms with E-state index in [1.807, 2.05) is 12.1 Å². The molecule has 0 saturated heterocycles. The Balaban J connectivity index is 1.90. The highest BCUT2D eigenvalue weighted by Gasteiger charge is 2.17. The number of amides is 2. The molecule has 1 aliphatic rings. The third-order valence-electron chi connectivity index (χ3n) is 3.70. The molecule has 0 aromatic heterocycles. The molecule has 0 atom stereocenters. The van der Waals surface area contributed by atoms with Crippen molar-refractivity contribution in [1.29, 1.82) is 0 Å². The summed E-state index contributed by atoms with van der Waals surface area (Å²) in [6, 6.07) is 8.35. The fraction of sp³-hybridized carbons (Fsp3) is 0.562. The third-order valence-corrected chi connectivity index (χ3v) is 3.70. The van der Waals surface area contributed by atoms with Crippen LogP contribution in [0.1, 0.15) is 52.0 Å². The lowest BCUT2D eigenvalue weighted by molar-refractivity contribution is 0.248. The number of anilines is 1. The van der Waals surface area contributed by atoms with Crippen LogP contribution in [0, 0.1) is 0 Å². The Bertz CT molecular complexity index is 425. The van der Waals surface area contributed by atoms with E-state index in [0.29, 0.717) is 6.04 Å². The van der Waals surface area contributed by atoms with Crippen LogP contribution in [-0.2, 0) is 5.41 Å². The molecule has 19 heavy (non-hydrogen) atoms. The average Bonchev–Trinajstić information content (AvgIpc) is 2.81. The minimum Gasteiger partial charge on any atom is -0.335 e. The van der Waals surface area contributed by atoms with Crippen LogP contribution in [0.3, 0.4) is 0 Å². The quantitative estimate of drug-likeness (QED) is 0.827. The zero-order valence-electron chi connectivity index (χ0n) is 12.1. The first kappa shape index (κ1) is 13.9. The second-order valence-corrected chi connectivity index (χ2v) is 6.41. The van der Waals surface area contributed by atoms with Gasteiger partial charge in [-0.05, 0) is 36.0 Å². The van der Waals surface area contributed by atoms with Gasteiger partial charge in [-0.3, -0.25) is 0 Å². The first-order chi connectivity index (χ1) is 8.95.